The van der Waals surface area contributed by atoms with Crippen LogP contribution in [0.3, 0.4) is 0 Å². The zero-order chi connectivity index (χ0) is 15.0. The van der Waals surface area contributed by atoms with Crippen LogP contribution in [0.4, 0.5) is 10.5 Å². The highest BCUT2D eigenvalue weighted by Gasteiger charge is 2.07. The van der Waals surface area contributed by atoms with Gasteiger partial charge in [-0.25, -0.2) is 4.79 Å². The molecule has 120 valence electrons. The molecule has 0 aliphatic heterocycles. The first-order chi connectivity index (χ1) is 9.60. The number of anilines is 1. The molecule has 1 aromatic carbocycles. The van der Waals surface area contributed by atoms with E-state index in [4.69, 9.17) is 4.74 Å². The van der Waals surface area contributed by atoms with Crippen LogP contribution in [0.1, 0.15) is 13.8 Å². The molecule has 21 heavy (non-hydrogen) atoms. The van der Waals surface area contributed by atoms with Gasteiger partial charge in [0.05, 0.1) is 26.2 Å². The molecule has 2 N–H and O–H groups in total. The summed E-state index contributed by atoms with van der Waals surface area (Å²) >= 11 is 0. The van der Waals surface area contributed by atoms with Gasteiger partial charge in [0.15, 0.2) is 0 Å². The summed E-state index contributed by atoms with van der Waals surface area (Å²) in [5, 5.41) is 2.42. The Labute approximate surface area is 138 Å². The molecule has 1 rings (SSSR count). The summed E-state index contributed by atoms with van der Waals surface area (Å²) in [6.07, 6.45) is -0.448. The molecule has 0 fully saturated rings. The van der Waals surface area contributed by atoms with E-state index in [1.165, 1.54) is 0 Å². The average molecular weight is 360 g/mol. The van der Waals surface area contributed by atoms with Crippen LogP contribution in [0.2, 0.25) is 0 Å². The van der Waals surface area contributed by atoms with Gasteiger partial charge in [-0.1, -0.05) is 0 Å². The molecule has 1 amide bonds. The van der Waals surface area contributed by atoms with Crippen LogP contribution in [0.5, 0.6) is 5.75 Å². The van der Waals surface area contributed by atoms with Gasteiger partial charge in [-0.3, -0.25) is 0 Å². The van der Waals surface area contributed by atoms with Crippen LogP contribution >= 0.6 is 0 Å². The average Bonchev–Trinajstić information content (AvgIpc) is 2.48. The zero-order valence-electron chi connectivity index (χ0n) is 13.3. The zero-order valence-corrected chi connectivity index (χ0v) is 14.9. The number of carbonyl (C=O) groups is 1. The van der Waals surface area contributed by atoms with E-state index in [9.17, 15) is 4.79 Å². The van der Waals surface area contributed by atoms with Gasteiger partial charge in [-0.2, -0.15) is 0 Å². The number of benzene rings is 1. The first kappa shape index (κ1) is 19.7. The minimum Gasteiger partial charge on any atom is -1.00 e. The van der Waals surface area contributed by atoms with E-state index in [0.717, 1.165) is 31.9 Å². The first-order valence-electron chi connectivity index (χ1n) is 7.15. The molecule has 0 saturated carbocycles. The number of ether oxygens (including phenoxy) is 1. The molecule has 0 aromatic heterocycles. The number of halogens is 1. The van der Waals surface area contributed by atoms with Crippen molar-refractivity contribution in [3.63, 3.8) is 0 Å². The number of nitrogens with zero attached hydrogens (tertiary/aromatic N) is 1. The quantitative estimate of drug-likeness (QED) is 0.579. The molecular formula is C15H26BrN3O2. The fraction of sp³-hybridized carbons (Fsp3) is 0.533. The van der Waals surface area contributed by atoms with Gasteiger partial charge in [0, 0.05) is 19.8 Å². The second-order valence-corrected chi connectivity index (χ2v) is 4.76. The van der Waals surface area contributed by atoms with Gasteiger partial charge in [0.1, 0.15) is 5.75 Å². The van der Waals surface area contributed by atoms with E-state index in [2.05, 4.69) is 31.1 Å². The second kappa shape index (κ2) is 10.5. The van der Waals surface area contributed by atoms with Crippen LogP contribution in [-0.4, -0.2) is 46.4 Å². The standard InChI is InChI=1S/C15H25N3O2.BrH/c1-5-18(6-2)12-11-17(4)13-7-9-14(10-8-13)20-15(19)16-3;/h7-10H,5-6,11-12H2,1-4H3,(H,16,19);1H. The monoisotopic (exact) mass is 359 g/mol. The maximum atomic E-state index is 11.1. The highest BCUT2D eigenvalue weighted by Crippen LogP contribution is 2.18. The summed E-state index contributed by atoms with van der Waals surface area (Å²) in [5.41, 5.74) is 1.13. The Balaban J connectivity index is 0.00000400. The van der Waals surface area contributed by atoms with Gasteiger partial charge in [0.25, 0.3) is 0 Å². The molecule has 0 aliphatic rings. The summed E-state index contributed by atoms with van der Waals surface area (Å²) in [5.74, 6) is 0.552. The van der Waals surface area contributed by atoms with Crippen LogP contribution in [-0.2, 0) is 0 Å². The van der Waals surface area contributed by atoms with E-state index < -0.39 is 6.09 Å². The fourth-order valence-corrected chi connectivity index (χ4v) is 1.99. The van der Waals surface area contributed by atoms with Crippen molar-refractivity contribution in [1.29, 1.82) is 0 Å². The summed E-state index contributed by atoms with van der Waals surface area (Å²) in [4.78, 5) is 14.9. The predicted octanol–water partition coefficient (Wildman–Crippen LogP) is -2.23. The molecule has 6 heteroatoms. The highest BCUT2D eigenvalue weighted by molar-refractivity contribution is 5.70. The SMILES string of the molecule is CC[NH+](CC)CCN(C)c1ccc(OC(=O)NC)cc1.[Br-]. The normalized spacial score (nSPS) is 9.95. The lowest BCUT2D eigenvalue weighted by Gasteiger charge is -2.22. The van der Waals surface area contributed by atoms with Gasteiger partial charge in [-0.05, 0) is 38.1 Å². The number of quaternary nitrogens is 1. The third-order valence-electron chi connectivity index (χ3n) is 3.49. The lowest BCUT2D eigenvalue weighted by Crippen LogP contribution is -3.12. The van der Waals surface area contributed by atoms with Crippen molar-refractivity contribution >= 4 is 11.8 Å². The molecule has 0 aliphatic carbocycles. The van der Waals surface area contributed by atoms with Crippen LogP contribution in [0.15, 0.2) is 24.3 Å². The van der Waals surface area contributed by atoms with Crippen LogP contribution < -0.4 is 36.8 Å². The molecule has 0 bridgehead atoms. The van der Waals surface area contributed by atoms with Crippen molar-refractivity contribution in [2.45, 2.75) is 13.8 Å². The van der Waals surface area contributed by atoms with E-state index in [1.54, 1.807) is 11.9 Å². The van der Waals surface area contributed by atoms with E-state index >= 15 is 0 Å². The molecular weight excluding hydrogens is 334 g/mol. The molecule has 0 atom stereocenters. The molecule has 0 heterocycles. The van der Waals surface area contributed by atoms with E-state index in [1.807, 2.05) is 24.3 Å². The minimum atomic E-state index is -0.448. The Bertz CT molecular complexity index is 408. The molecule has 0 unspecified atom stereocenters. The Morgan fingerprint density at radius 3 is 2.29 bits per heavy atom. The van der Waals surface area contributed by atoms with Crippen molar-refractivity contribution in [3.05, 3.63) is 24.3 Å². The molecule has 5 nitrogen and oxygen atoms in total. The predicted molar refractivity (Wildman–Crippen MR) is 81.7 cm³/mol. The Hall–Kier alpha value is -1.27. The van der Waals surface area contributed by atoms with Crippen LogP contribution in [0.25, 0.3) is 0 Å². The van der Waals surface area contributed by atoms with Crippen molar-refractivity contribution in [2.24, 2.45) is 0 Å². The van der Waals surface area contributed by atoms with E-state index in [-0.39, 0.29) is 17.0 Å². The third kappa shape index (κ3) is 6.82. The summed E-state index contributed by atoms with van der Waals surface area (Å²) < 4.78 is 5.06. The number of carbonyl (C=O) groups excluding carboxylic acids is 1. The fourth-order valence-electron chi connectivity index (χ4n) is 1.99. The molecule has 0 saturated heterocycles. The maximum absolute atomic E-state index is 11.1. The van der Waals surface area contributed by atoms with Crippen molar-refractivity contribution in [1.82, 2.24) is 5.32 Å². The third-order valence-corrected chi connectivity index (χ3v) is 3.49. The topological polar surface area (TPSA) is 46.0 Å². The number of nitrogens with one attached hydrogen (secondary N) is 2. The maximum Gasteiger partial charge on any atom is 0.412 e. The van der Waals surface area contributed by atoms with Crippen molar-refractivity contribution < 1.29 is 31.4 Å². The van der Waals surface area contributed by atoms with Crippen molar-refractivity contribution in [2.75, 3.05) is 45.2 Å². The number of hydrogen-bond acceptors (Lipinski definition) is 3. The Morgan fingerprint density at radius 1 is 1.24 bits per heavy atom. The minimum absolute atomic E-state index is 0. The molecule has 0 radical (unpaired) electrons. The summed E-state index contributed by atoms with van der Waals surface area (Å²) in [6.45, 7) is 8.87. The first-order valence-corrected chi connectivity index (χ1v) is 7.15. The Morgan fingerprint density at radius 2 is 1.81 bits per heavy atom. The second-order valence-electron chi connectivity index (χ2n) is 4.76. The number of amides is 1. The van der Waals surface area contributed by atoms with E-state index in [0.29, 0.717) is 5.75 Å². The highest BCUT2D eigenvalue weighted by atomic mass is 79.9. The molecule has 0 spiro atoms. The summed E-state index contributed by atoms with van der Waals surface area (Å²) in [7, 11) is 3.62. The smallest absolute Gasteiger partial charge is 0.412 e. The largest absolute Gasteiger partial charge is 1.00 e. The lowest BCUT2D eigenvalue weighted by molar-refractivity contribution is -0.894. The summed E-state index contributed by atoms with van der Waals surface area (Å²) in [6, 6.07) is 7.56. The number of likely N-dealkylation sites (N-methyl/N-ethyl adjacent to an activating group) is 2. The van der Waals surface area contributed by atoms with Gasteiger partial charge >= 0.3 is 6.09 Å². The van der Waals surface area contributed by atoms with Crippen LogP contribution in [0, 0.1) is 0 Å². The van der Waals surface area contributed by atoms with Gasteiger partial charge in [0.2, 0.25) is 0 Å². The van der Waals surface area contributed by atoms with Gasteiger partial charge in [-0.15, -0.1) is 0 Å². The van der Waals surface area contributed by atoms with Crippen molar-refractivity contribution in [3.8, 4) is 5.75 Å². The van der Waals surface area contributed by atoms with Gasteiger partial charge < -0.3 is 36.8 Å². The lowest BCUT2D eigenvalue weighted by atomic mass is 10.3. The molecule has 1 aromatic rings. The number of hydrogen-bond donors (Lipinski definition) is 2. The number of rotatable bonds is 7. The Kier molecular flexibility index (Phi) is 9.82.